The minimum Gasteiger partial charge on any atom is -0.271 e. The van der Waals surface area contributed by atoms with Crippen LogP contribution in [0.15, 0.2) is 24.3 Å². The zero-order valence-electron chi connectivity index (χ0n) is 11.8. The molecule has 1 heterocycles. The van der Waals surface area contributed by atoms with Crippen LogP contribution in [0, 0.1) is 12.7 Å². The third-order valence-corrected chi connectivity index (χ3v) is 5.24. The van der Waals surface area contributed by atoms with Crippen LogP contribution in [0.25, 0.3) is 0 Å². The number of rotatable bonds is 5. The molecule has 0 radical (unpaired) electrons. The van der Waals surface area contributed by atoms with Crippen molar-refractivity contribution in [2.24, 2.45) is 7.05 Å². The van der Waals surface area contributed by atoms with Gasteiger partial charge in [-0.2, -0.15) is 5.10 Å². The van der Waals surface area contributed by atoms with Gasteiger partial charge in [-0.3, -0.25) is 4.68 Å². The predicted molar refractivity (Wildman–Crippen MR) is 86.2 cm³/mol. The molecule has 0 amide bonds. The lowest BCUT2D eigenvalue weighted by Crippen LogP contribution is -2.35. The molecule has 0 fully saturated rings. The monoisotopic (exact) mass is 348 g/mol. The molecule has 0 aliphatic heterocycles. The van der Waals surface area contributed by atoms with Crippen molar-refractivity contribution >= 4 is 34.8 Å². The van der Waals surface area contributed by atoms with Crippen molar-refractivity contribution in [3.05, 3.63) is 52.1 Å². The molecule has 1 aromatic carbocycles. The third kappa shape index (κ3) is 3.05. The Labute approximate surface area is 138 Å². The normalized spacial score (nSPS) is 11.9. The Hall–Kier alpha value is -0.770. The molecule has 0 unspecified atom stereocenters. The van der Waals surface area contributed by atoms with Gasteiger partial charge in [0.1, 0.15) is 5.82 Å². The van der Waals surface area contributed by atoms with E-state index in [1.165, 1.54) is 6.07 Å². The van der Waals surface area contributed by atoms with Gasteiger partial charge >= 0.3 is 0 Å². The first-order chi connectivity index (χ1) is 9.95. The van der Waals surface area contributed by atoms with Gasteiger partial charge in [-0.25, -0.2) is 4.39 Å². The number of benzene rings is 1. The fourth-order valence-electron chi connectivity index (χ4n) is 2.45. The zero-order chi connectivity index (χ0) is 15.6. The van der Waals surface area contributed by atoms with Crippen molar-refractivity contribution in [1.29, 1.82) is 0 Å². The summed E-state index contributed by atoms with van der Waals surface area (Å²) in [5, 5.41) is 4.86. The number of nitrogens with zero attached hydrogens (tertiary/aromatic N) is 2. The fourth-order valence-corrected chi connectivity index (χ4v) is 3.44. The Kier molecular flexibility index (Phi) is 5.18. The van der Waals surface area contributed by atoms with Gasteiger partial charge < -0.3 is 0 Å². The van der Waals surface area contributed by atoms with Gasteiger partial charge in [-0.15, -0.1) is 23.2 Å². The van der Waals surface area contributed by atoms with Crippen LogP contribution in [0.5, 0.6) is 0 Å². The molecular weight excluding hydrogens is 334 g/mol. The fraction of sp³-hybridized carbons (Fsp3) is 0.400. The molecule has 0 N–H and O–H groups in total. The molecule has 0 aliphatic carbocycles. The highest BCUT2D eigenvalue weighted by Crippen LogP contribution is 2.35. The Balaban J connectivity index is 2.51. The summed E-state index contributed by atoms with van der Waals surface area (Å²) in [6.07, 6.45) is 0.428. The molecule has 0 aliphatic rings. The first-order valence-electron chi connectivity index (χ1n) is 6.50. The van der Waals surface area contributed by atoms with Gasteiger partial charge in [-0.1, -0.05) is 29.8 Å². The molecule has 2 aromatic rings. The minimum atomic E-state index is -0.724. The van der Waals surface area contributed by atoms with Crippen molar-refractivity contribution < 1.29 is 4.39 Å². The molecule has 0 bridgehead atoms. The van der Waals surface area contributed by atoms with Gasteiger partial charge in [0.25, 0.3) is 0 Å². The lowest BCUT2D eigenvalue weighted by molar-refractivity contribution is 0.476. The van der Waals surface area contributed by atoms with E-state index in [-0.39, 0.29) is 17.6 Å². The number of halogens is 4. The third-order valence-electron chi connectivity index (χ3n) is 3.72. The lowest BCUT2D eigenvalue weighted by atomic mass is 9.79. The smallest absolute Gasteiger partial charge is 0.127 e. The highest BCUT2D eigenvalue weighted by molar-refractivity contribution is 6.32. The van der Waals surface area contributed by atoms with Crippen molar-refractivity contribution in [3.8, 4) is 0 Å². The predicted octanol–water partition coefficient (Wildman–Crippen LogP) is 4.48. The summed E-state index contributed by atoms with van der Waals surface area (Å²) in [7, 11) is 1.81. The highest BCUT2D eigenvalue weighted by Gasteiger charge is 2.35. The van der Waals surface area contributed by atoms with Crippen LogP contribution in [-0.4, -0.2) is 21.5 Å². The van der Waals surface area contributed by atoms with Crippen molar-refractivity contribution in [3.63, 3.8) is 0 Å². The number of hydrogen-bond donors (Lipinski definition) is 0. The van der Waals surface area contributed by atoms with Gasteiger partial charge in [0, 0.05) is 30.6 Å². The van der Waals surface area contributed by atoms with E-state index in [1.54, 1.807) is 22.9 Å². The molecule has 21 heavy (non-hydrogen) atoms. The lowest BCUT2D eigenvalue weighted by Gasteiger charge is -2.30. The van der Waals surface area contributed by atoms with Crippen molar-refractivity contribution in [2.75, 3.05) is 11.8 Å². The van der Waals surface area contributed by atoms with E-state index in [2.05, 4.69) is 5.10 Å². The Bertz CT molecular complexity index is 636. The molecule has 0 saturated carbocycles. The van der Waals surface area contributed by atoms with E-state index in [9.17, 15) is 4.39 Å². The Morgan fingerprint density at radius 2 is 1.86 bits per heavy atom. The summed E-state index contributed by atoms with van der Waals surface area (Å²) in [6, 6.07) is 6.56. The van der Waals surface area contributed by atoms with Gasteiger partial charge in [-0.05, 0) is 18.6 Å². The molecule has 0 spiro atoms. The Morgan fingerprint density at radius 1 is 1.24 bits per heavy atom. The van der Waals surface area contributed by atoms with Crippen molar-refractivity contribution in [2.45, 2.75) is 18.8 Å². The first-order valence-corrected chi connectivity index (χ1v) is 7.95. The summed E-state index contributed by atoms with van der Waals surface area (Å²) < 4.78 is 15.9. The summed E-state index contributed by atoms with van der Waals surface area (Å²) in [4.78, 5) is 0. The average molecular weight is 350 g/mol. The largest absolute Gasteiger partial charge is 0.271 e. The summed E-state index contributed by atoms with van der Waals surface area (Å²) in [5.41, 5.74) is 1.32. The molecule has 2 nitrogen and oxygen atoms in total. The molecule has 1 aromatic heterocycles. The molecule has 0 atom stereocenters. The van der Waals surface area contributed by atoms with Crippen LogP contribution in [-0.2, 0) is 18.9 Å². The van der Waals surface area contributed by atoms with Gasteiger partial charge in [0.05, 0.1) is 16.4 Å². The Morgan fingerprint density at radius 3 is 2.33 bits per heavy atom. The maximum atomic E-state index is 14.2. The van der Waals surface area contributed by atoms with E-state index in [0.717, 1.165) is 11.4 Å². The zero-order valence-corrected chi connectivity index (χ0v) is 14.1. The van der Waals surface area contributed by atoms with Crippen LogP contribution >= 0.6 is 34.8 Å². The number of hydrogen-bond acceptors (Lipinski definition) is 1. The second kappa shape index (κ2) is 6.55. The van der Waals surface area contributed by atoms with E-state index in [0.29, 0.717) is 17.0 Å². The quantitative estimate of drug-likeness (QED) is 0.728. The molecule has 6 heteroatoms. The van der Waals surface area contributed by atoms with Crippen LogP contribution < -0.4 is 0 Å². The second-order valence-electron chi connectivity index (χ2n) is 5.17. The van der Waals surface area contributed by atoms with E-state index in [4.69, 9.17) is 34.8 Å². The minimum absolute atomic E-state index is 0.192. The highest BCUT2D eigenvalue weighted by atomic mass is 35.5. The van der Waals surface area contributed by atoms with Gasteiger partial charge in [0.2, 0.25) is 0 Å². The molecule has 2 rings (SSSR count). The SMILES string of the molecule is Cc1nn(C)c(CC(CCl)(CCl)c2ccccc2F)c1Cl. The van der Waals surface area contributed by atoms with E-state index < -0.39 is 5.41 Å². The van der Waals surface area contributed by atoms with Crippen LogP contribution in [0.2, 0.25) is 5.02 Å². The maximum absolute atomic E-state index is 14.2. The molecule has 114 valence electrons. The number of aryl methyl sites for hydroxylation is 2. The van der Waals surface area contributed by atoms with E-state index in [1.807, 2.05) is 14.0 Å². The molecule has 0 saturated heterocycles. The van der Waals surface area contributed by atoms with Gasteiger partial charge in [0.15, 0.2) is 0 Å². The second-order valence-corrected chi connectivity index (χ2v) is 6.09. The van der Waals surface area contributed by atoms with Crippen LogP contribution in [0.1, 0.15) is 17.0 Å². The maximum Gasteiger partial charge on any atom is 0.127 e. The average Bonchev–Trinajstić information content (AvgIpc) is 2.71. The molecular formula is C15H16Cl3FN2. The summed E-state index contributed by atoms with van der Waals surface area (Å²) in [6.45, 7) is 1.83. The van der Waals surface area contributed by atoms with Crippen molar-refractivity contribution in [1.82, 2.24) is 9.78 Å². The summed E-state index contributed by atoms with van der Waals surface area (Å²) in [5.74, 6) is 0.0736. The van der Waals surface area contributed by atoms with Crippen LogP contribution in [0.3, 0.4) is 0 Å². The van der Waals surface area contributed by atoms with Crippen LogP contribution in [0.4, 0.5) is 4.39 Å². The number of alkyl halides is 2. The standard InChI is InChI=1S/C15H16Cl3FN2/c1-10-14(18)13(21(2)20-10)7-15(8-16,9-17)11-5-3-4-6-12(11)19/h3-6H,7-9H2,1-2H3. The summed E-state index contributed by atoms with van der Waals surface area (Å²) >= 11 is 18.6. The first kappa shape index (κ1) is 16.6. The topological polar surface area (TPSA) is 17.8 Å². The number of aromatic nitrogens is 2. The van der Waals surface area contributed by atoms with E-state index >= 15 is 0 Å².